The van der Waals surface area contributed by atoms with Crippen molar-refractivity contribution in [1.82, 2.24) is 10.3 Å². The van der Waals surface area contributed by atoms with E-state index in [1.807, 2.05) is 24.3 Å². The van der Waals surface area contributed by atoms with Crippen LogP contribution in [0.5, 0.6) is 5.75 Å². The van der Waals surface area contributed by atoms with Crippen LogP contribution in [0, 0.1) is 11.3 Å². The van der Waals surface area contributed by atoms with Crippen LogP contribution in [-0.4, -0.2) is 12.1 Å². The van der Waals surface area contributed by atoms with Crippen LogP contribution in [0.4, 0.5) is 0 Å². The lowest BCUT2D eigenvalue weighted by atomic mass is 10.1. The second-order valence-electron chi connectivity index (χ2n) is 4.52. The first-order valence-electron chi connectivity index (χ1n) is 6.45. The highest BCUT2D eigenvalue weighted by molar-refractivity contribution is 5.42. The number of hydrogen-bond donors (Lipinski definition) is 1. The van der Waals surface area contributed by atoms with E-state index in [-0.39, 0.29) is 6.04 Å². The zero-order valence-electron chi connectivity index (χ0n) is 11.6. The number of aromatic nitrogens is 1. The number of nitrogens with one attached hydrogen (secondary N) is 1. The molecule has 20 heavy (non-hydrogen) atoms. The standard InChI is InChI=1S/C16H17N3O/c1-12(14-5-7-18-8-6-14)19-11-15-9-13(10-17)3-4-16(15)20-2/h3-9,12,19H,11H2,1-2H3/t12-/m0/s1. The summed E-state index contributed by atoms with van der Waals surface area (Å²) in [6, 6.07) is 11.8. The average molecular weight is 267 g/mol. The normalized spacial score (nSPS) is 11.7. The van der Waals surface area contributed by atoms with Crippen LogP contribution in [0.25, 0.3) is 0 Å². The molecule has 4 nitrogen and oxygen atoms in total. The first kappa shape index (κ1) is 14.0. The number of rotatable bonds is 5. The monoisotopic (exact) mass is 267 g/mol. The van der Waals surface area contributed by atoms with Gasteiger partial charge in [-0.2, -0.15) is 5.26 Å². The summed E-state index contributed by atoms with van der Waals surface area (Å²) in [5, 5.41) is 12.4. The zero-order valence-corrected chi connectivity index (χ0v) is 11.6. The van der Waals surface area contributed by atoms with Crippen molar-refractivity contribution in [3.8, 4) is 11.8 Å². The first-order valence-corrected chi connectivity index (χ1v) is 6.45. The number of nitriles is 1. The summed E-state index contributed by atoms with van der Waals surface area (Å²) in [6.45, 7) is 2.73. The molecule has 2 aromatic rings. The van der Waals surface area contributed by atoms with Crippen LogP contribution < -0.4 is 10.1 Å². The van der Waals surface area contributed by atoms with Gasteiger partial charge in [-0.1, -0.05) is 0 Å². The van der Waals surface area contributed by atoms with E-state index in [0.717, 1.165) is 11.3 Å². The second-order valence-corrected chi connectivity index (χ2v) is 4.52. The Labute approximate surface area is 119 Å². The third kappa shape index (κ3) is 3.34. The minimum Gasteiger partial charge on any atom is -0.496 e. The fourth-order valence-electron chi connectivity index (χ4n) is 2.02. The van der Waals surface area contributed by atoms with Crippen molar-refractivity contribution in [2.75, 3.05) is 7.11 Å². The van der Waals surface area contributed by atoms with Gasteiger partial charge in [0.25, 0.3) is 0 Å². The molecule has 0 bridgehead atoms. The molecule has 0 aliphatic rings. The lowest BCUT2D eigenvalue weighted by molar-refractivity contribution is 0.406. The predicted octanol–water partition coefficient (Wildman–Crippen LogP) is 2.81. The molecular weight excluding hydrogens is 250 g/mol. The Kier molecular flexibility index (Phi) is 4.70. The Balaban J connectivity index is 2.09. The summed E-state index contributed by atoms with van der Waals surface area (Å²) in [7, 11) is 1.64. The Morgan fingerprint density at radius 1 is 1.30 bits per heavy atom. The smallest absolute Gasteiger partial charge is 0.123 e. The maximum Gasteiger partial charge on any atom is 0.123 e. The van der Waals surface area contributed by atoms with Gasteiger partial charge in [0.15, 0.2) is 0 Å². The molecule has 0 spiro atoms. The van der Waals surface area contributed by atoms with Crippen molar-refractivity contribution in [3.63, 3.8) is 0 Å². The van der Waals surface area contributed by atoms with E-state index in [0.29, 0.717) is 12.1 Å². The van der Waals surface area contributed by atoms with Crippen LogP contribution >= 0.6 is 0 Å². The fourth-order valence-corrected chi connectivity index (χ4v) is 2.02. The Bertz CT molecular complexity index is 605. The molecule has 0 aliphatic carbocycles. The lowest BCUT2D eigenvalue weighted by Crippen LogP contribution is -2.18. The highest BCUT2D eigenvalue weighted by atomic mass is 16.5. The van der Waals surface area contributed by atoms with Gasteiger partial charge in [0.1, 0.15) is 5.75 Å². The molecule has 0 aliphatic heterocycles. The van der Waals surface area contributed by atoms with E-state index < -0.39 is 0 Å². The molecule has 0 saturated heterocycles. The Morgan fingerprint density at radius 3 is 2.70 bits per heavy atom. The van der Waals surface area contributed by atoms with Gasteiger partial charge < -0.3 is 10.1 Å². The number of pyridine rings is 1. The maximum absolute atomic E-state index is 8.96. The molecule has 4 heteroatoms. The highest BCUT2D eigenvalue weighted by Gasteiger charge is 2.08. The minimum absolute atomic E-state index is 0.202. The maximum atomic E-state index is 8.96. The van der Waals surface area contributed by atoms with Crippen LogP contribution in [0.1, 0.15) is 29.7 Å². The summed E-state index contributed by atoms with van der Waals surface area (Å²) in [5.74, 6) is 0.790. The molecule has 0 unspecified atom stereocenters. The quantitative estimate of drug-likeness (QED) is 0.905. The minimum atomic E-state index is 0.202. The molecule has 1 aromatic heterocycles. The molecule has 1 N–H and O–H groups in total. The molecule has 2 rings (SSSR count). The molecule has 1 heterocycles. The van der Waals surface area contributed by atoms with Crippen molar-refractivity contribution in [3.05, 3.63) is 59.4 Å². The van der Waals surface area contributed by atoms with Crippen molar-refractivity contribution in [2.45, 2.75) is 19.5 Å². The number of benzene rings is 1. The van der Waals surface area contributed by atoms with Crippen LogP contribution in [0.2, 0.25) is 0 Å². The van der Waals surface area contributed by atoms with E-state index in [1.54, 1.807) is 25.6 Å². The van der Waals surface area contributed by atoms with Gasteiger partial charge in [-0.05, 0) is 42.8 Å². The van der Waals surface area contributed by atoms with Gasteiger partial charge in [-0.3, -0.25) is 4.98 Å². The molecule has 0 radical (unpaired) electrons. The topological polar surface area (TPSA) is 57.9 Å². The van der Waals surface area contributed by atoms with E-state index in [4.69, 9.17) is 10.00 Å². The Morgan fingerprint density at radius 2 is 2.05 bits per heavy atom. The van der Waals surface area contributed by atoms with Gasteiger partial charge in [-0.25, -0.2) is 0 Å². The van der Waals surface area contributed by atoms with E-state index >= 15 is 0 Å². The number of nitrogens with zero attached hydrogens (tertiary/aromatic N) is 2. The van der Waals surface area contributed by atoms with E-state index in [9.17, 15) is 0 Å². The second kappa shape index (κ2) is 6.69. The highest BCUT2D eigenvalue weighted by Crippen LogP contribution is 2.21. The van der Waals surface area contributed by atoms with E-state index in [2.05, 4.69) is 23.3 Å². The molecule has 0 saturated carbocycles. The summed E-state index contributed by atoms with van der Waals surface area (Å²) >= 11 is 0. The Hall–Kier alpha value is -2.38. The van der Waals surface area contributed by atoms with Crippen molar-refractivity contribution in [1.29, 1.82) is 5.26 Å². The first-order chi connectivity index (χ1) is 9.74. The van der Waals surface area contributed by atoms with Gasteiger partial charge in [0.2, 0.25) is 0 Å². The van der Waals surface area contributed by atoms with Gasteiger partial charge in [0, 0.05) is 30.5 Å². The molecule has 102 valence electrons. The fraction of sp³-hybridized carbons (Fsp3) is 0.250. The summed E-state index contributed by atoms with van der Waals surface area (Å²) in [6.07, 6.45) is 3.56. The SMILES string of the molecule is COc1ccc(C#N)cc1CN[C@@H](C)c1ccncc1. The largest absolute Gasteiger partial charge is 0.496 e. The van der Waals surface area contributed by atoms with Gasteiger partial charge in [0.05, 0.1) is 18.7 Å². The molecule has 0 fully saturated rings. The van der Waals surface area contributed by atoms with Crippen LogP contribution in [0.3, 0.4) is 0 Å². The predicted molar refractivity (Wildman–Crippen MR) is 77.2 cm³/mol. The van der Waals surface area contributed by atoms with Gasteiger partial charge in [-0.15, -0.1) is 0 Å². The molecular formula is C16H17N3O. The lowest BCUT2D eigenvalue weighted by Gasteiger charge is -2.15. The number of ether oxygens (including phenoxy) is 1. The zero-order chi connectivity index (χ0) is 14.4. The molecule has 1 atom stereocenters. The van der Waals surface area contributed by atoms with Crippen molar-refractivity contribution in [2.24, 2.45) is 0 Å². The molecule has 1 aromatic carbocycles. The summed E-state index contributed by atoms with van der Waals surface area (Å²) in [5.41, 5.74) is 2.79. The summed E-state index contributed by atoms with van der Waals surface area (Å²) in [4.78, 5) is 4.01. The van der Waals surface area contributed by atoms with Crippen LogP contribution in [0.15, 0.2) is 42.7 Å². The van der Waals surface area contributed by atoms with Gasteiger partial charge >= 0.3 is 0 Å². The third-order valence-corrected chi connectivity index (χ3v) is 3.21. The van der Waals surface area contributed by atoms with Crippen LogP contribution in [-0.2, 0) is 6.54 Å². The molecule has 0 amide bonds. The third-order valence-electron chi connectivity index (χ3n) is 3.21. The summed E-state index contributed by atoms with van der Waals surface area (Å²) < 4.78 is 5.32. The van der Waals surface area contributed by atoms with Crippen molar-refractivity contribution >= 4 is 0 Å². The van der Waals surface area contributed by atoms with E-state index in [1.165, 1.54) is 5.56 Å². The number of hydrogen-bond acceptors (Lipinski definition) is 4. The number of methoxy groups -OCH3 is 1. The average Bonchev–Trinajstić information content (AvgIpc) is 2.53. The van der Waals surface area contributed by atoms with Crippen molar-refractivity contribution < 1.29 is 4.74 Å².